The van der Waals surface area contributed by atoms with E-state index in [4.69, 9.17) is 14.2 Å². The summed E-state index contributed by atoms with van der Waals surface area (Å²) in [4.78, 5) is 11.3. The molecule has 9 heteroatoms. The van der Waals surface area contributed by atoms with Crippen LogP contribution < -0.4 is 14.8 Å². The highest BCUT2D eigenvalue weighted by Crippen LogP contribution is 2.32. The lowest BCUT2D eigenvalue weighted by molar-refractivity contribution is 0.0186. The lowest BCUT2D eigenvalue weighted by atomic mass is 10.1. The summed E-state index contributed by atoms with van der Waals surface area (Å²) in [5.74, 6) is 1.83. The van der Waals surface area contributed by atoms with Gasteiger partial charge in [0.25, 0.3) is 0 Å². The molecule has 0 radical (unpaired) electrons. The lowest BCUT2D eigenvalue weighted by Gasteiger charge is -2.34. The number of ether oxygens (including phenoxy) is 3. The fourth-order valence-electron chi connectivity index (χ4n) is 3.63. The van der Waals surface area contributed by atoms with Crippen LogP contribution >= 0.6 is 0 Å². The maximum absolute atomic E-state index is 5.52. The van der Waals surface area contributed by atoms with Crippen molar-refractivity contribution < 1.29 is 14.2 Å². The molecular formula is C22H26N6O3. The number of methoxy groups -OCH3 is 2. The number of nitrogens with one attached hydrogen (secondary N) is 1. The Morgan fingerprint density at radius 2 is 2.00 bits per heavy atom. The molecule has 0 amide bonds. The Hall–Kier alpha value is -3.30. The standard InChI is InChI=1S/C22H26N6O3/c1-29-17-5-6-18(21(12-17)30-2)19-14-25-27-22(26-19)24-15-20(16-4-3-7-23-13-16)28-8-10-31-11-9-28/h3-7,12-14,20H,8-11,15H2,1-2H3,(H,24,26,27). The summed E-state index contributed by atoms with van der Waals surface area (Å²) in [5, 5.41) is 11.7. The first-order valence-corrected chi connectivity index (χ1v) is 10.2. The van der Waals surface area contributed by atoms with Crippen molar-refractivity contribution in [1.82, 2.24) is 25.1 Å². The summed E-state index contributed by atoms with van der Waals surface area (Å²) in [5.41, 5.74) is 2.62. The molecule has 4 rings (SSSR count). The molecule has 1 saturated heterocycles. The second-order valence-electron chi connectivity index (χ2n) is 7.06. The highest BCUT2D eigenvalue weighted by Gasteiger charge is 2.23. The number of nitrogens with zero attached hydrogens (tertiary/aromatic N) is 5. The molecule has 3 aromatic rings. The molecule has 31 heavy (non-hydrogen) atoms. The quantitative estimate of drug-likeness (QED) is 0.587. The van der Waals surface area contributed by atoms with Crippen LogP contribution in [0.4, 0.5) is 5.95 Å². The van der Waals surface area contributed by atoms with Crippen molar-refractivity contribution in [2.24, 2.45) is 0 Å². The van der Waals surface area contributed by atoms with Crippen LogP contribution in [0.3, 0.4) is 0 Å². The van der Waals surface area contributed by atoms with Crippen molar-refractivity contribution in [3.05, 3.63) is 54.5 Å². The van der Waals surface area contributed by atoms with Gasteiger partial charge in [0.1, 0.15) is 11.5 Å². The second-order valence-corrected chi connectivity index (χ2v) is 7.06. The Morgan fingerprint density at radius 1 is 1.13 bits per heavy atom. The molecular weight excluding hydrogens is 396 g/mol. The van der Waals surface area contributed by atoms with E-state index in [1.807, 2.05) is 30.5 Å². The van der Waals surface area contributed by atoms with Gasteiger partial charge in [-0.25, -0.2) is 4.98 Å². The highest BCUT2D eigenvalue weighted by molar-refractivity contribution is 5.68. The molecule has 0 bridgehead atoms. The molecule has 9 nitrogen and oxygen atoms in total. The fraction of sp³-hybridized carbons (Fsp3) is 0.364. The van der Waals surface area contributed by atoms with Gasteiger partial charge in [-0.15, -0.1) is 5.10 Å². The van der Waals surface area contributed by atoms with Crippen LogP contribution in [0, 0.1) is 0 Å². The summed E-state index contributed by atoms with van der Waals surface area (Å²) in [6.07, 6.45) is 5.31. The number of benzene rings is 1. The number of anilines is 1. The summed E-state index contributed by atoms with van der Waals surface area (Å²) >= 11 is 0. The van der Waals surface area contributed by atoms with E-state index in [1.165, 1.54) is 0 Å². The molecule has 0 spiro atoms. The maximum Gasteiger partial charge on any atom is 0.243 e. The predicted molar refractivity (Wildman–Crippen MR) is 116 cm³/mol. The van der Waals surface area contributed by atoms with E-state index in [-0.39, 0.29) is 6.04 Å². The molecule has 0 saturated carbocycles. The zero-order valence-electron chi connectivity index (χ0n) is 17.7. The van der Waals surface area contributed by atoms with Gasteiger partial charge >= 0.3 is 0 Å². The van der Waals surface area contributed by atoms with Gasteiger partial charge in [0.05, 0.1) is 45.4 Å². The number of aromatic nitrogens is 4. The minimum absolute atomic E-state index is 0.125. The summed E-state index contributed by atoms with van der Waals surface area (Å²) < 4.78 is 16.3. The van der Waals surface area contributed by atoms with Gasteiger partial charge in [0.2, 0.25) is 5.95 Å². The van der Waals surface area contributed by atoms with Crippen LogP contribution in [0.2, 0.25) is 0 Å². The Labute approximate surface area is 181 Å². The molecule has 1 aliphatic heterocycles. The molecule has 1 aliphatic rings. The average Bonchev–Trinajstić information content (AvgIpc) is 2.85. The molecule has 1 N–H and O–H groups in total. The van der Waals surface area contributed by atoms with E-state index in [1.54, 1.807) is 26.6 Å². The highest BCUT2D eigenvalue weighted by atomic mass is 16.5. The van der Waals surface area contributed by atoms with E-state index < -0.39 is 0 Å². The summed E-state index contributed by atoms with van der Waals surface area (Å²) in [6, 6.07) is 9.76. The molecule has 1 atom stereocenters. The zero-order chi connectivity index (χ0) is 21.5. The lowest BCUT2D eigenvalue weighted by Crippen LogP contribution is -2.41. The molecule has 0 aliphatic carbocycles. The maximum atomic E-state index is 5.52. The predicted octanol–water partition coefficient (Wildman–Crippen LogP) is 2.44. The minimum atomic E-state index is 0.125. The van der Waals surface area contributed by atoms with Crippen molar-refractivity contribution >= 4 is 5.95 Å². The van der Waals surface area contributed by atoms with Crippen molar-refractivity contribution in [3.63, 3.8) is 0 Å². The Balaban J connectivity index is 1.54. The second kappa shape index (κ2) is 10.1. The first-order valence-electron chi connectivity index (χ1n) is 10.2. The van der Waals surface area contributed by atoms with E-state index >= 15 is 0 Å². The van der Waals surface area contributed by atoms with Crippen LogP contribution in [0.15, 0.2) is 48.9 Å². The van der Waals surface area contributed by atoms with Gasteiger partial charge in [-0.05, 0) is 23.8 Å². The van der Waals surface area contributed by atoms with Crippen LogP contribution in [0.25, 0.3) is 11.3 Å². The first-order chi connectivity index (χ1) is 15.3. The molecule has 1 fully saturated rings. The van der Waals surface area contributed by atoms with Gasteiger partial charge in [-0.1, -0.05) is 6.07 Å². The van der Waals surface area contributed by atoms with Crippen LogP contribution in [-0.4, -0.2) is 72.1 Å². The number of hydrogen-bond acceptors (Lipinski definition) is 9. The van der Waals surface area contributed by atoms with E-state index in [9.17, 15) is 0 Å². The largest absolute Gasteiger partial charge is 0.497 e. The van der Waals surface area contributed by atoms with Gasteiger partial charge in [-0.2, -0.15) is 5.10 Å². The third-order valence-corrected chi connectivity index (χ3v) is 5.25. The Morgan fingerprint density at radius 3 is 2.74 bits per heavy atom. The monoisotopic (exact) mass is 422 g/mol. The van der Waals surface area contributed by atoms with E-state index in [0.717, 1.165) is 37.4 Å². The van der Waals surface area contributed by atoms with Gasteiger partial charge < -0.3 is 19.5 Å². The Kier molecular flexibility index (Phi) is 6.85. The number of hydrogen-bond donors (Lipinski definition) is 1. The minimum Gasteiger partial charge on any atom is -0.497 e. The molecule has 2 aromatic heterocycles. The van der Waals surface area contributed by atoms with E-state index in [2.05, 4.69) is 36.4 Å². The number of morpholine rings is 1. The van der Waals surface area contributed by atoms with Gasteiger partial charge in [0.15, 0.2) is 0 Å². The third kappa shape index (κ3) is 5.07. The first kappa shape index (κ1) is 21.0. The molecule has 1 aromatic carbocycles. The third-order valence-electron chi connectivity index (χ3n) is 5.25. The average molecular weight is 422 g/mol. The van der Waals surface area contributed by atoms with Crippen LogP contribution in [0.5, 0.6) is 11.5 Å². The topological polar surface area (TPSA) is 94.5 Å². The SMILES string of the molecule is COc1ccc(-c2cnnc(NCC(c3cccnc3)N3CCOCC3)n2)c(OC)c1. The molecule has 3 heterocycles. The normalized spacial score (nSPS) is 15.3. The van der Waals surface area contributed by atoms with E-state index in [0.29, 0.717) is 29.7 Å². The molecule has 162 valence electrons. The zero-order valence-corrected chi connectivity index (χ0v) is 17.7. The van der Waals surface area contributed by atoms with Crippen molar-refractivity contribution in [1.29, 1.82) is 0 Å². The fourth-order valence-corrected chi connectivity index (χ4v) is 3.63. The number of rotatable bonds is 8. The van der Waals surface area contributed by atoms with Gasteiger partial charge in [0, 0.05) is 43.7 Å². The van der Waals surface area contributed by atoms with Gasteiger partial charge in [-0.3, -0.25) is 9.88 Å². The molecule has 1 unspecified atom stereocenters. The summed E-state index contributed by atoms with van der Waals surface area (Å²) in [6.45, 7) is 3.80. The number of pyridine rings is 1. The van der Waals surface area contributed by atoms with Crippen LogP contribution in [-0.2, 0) is 4.74 Å². The Bertz CT molecular complexity index is 982. The van der Waals surface area contributed by atoms with Crippen molar-refractivity contribution in [3.8, 4) is 22.8 Å². The van der Waals surface area contributed by atoms with Crippen molar-refractivity contribution in [2.45, 2.75) is 6.04 Å². The smallest absolute Gasteiger partial charge is 0.243 e. The van der Waals surface area contributed by atoms with Crippen LogP contribution in [0.1, 0.15) is 11.6 Å². The summed E-state index contributed by atoms with van der Waals surface area (Å²) in [7, 11) is 3.24. The van der Waals surface area contributed by atoms with Crippen molar-refractivity contribution in [2.75, 3.05) is 52.4 Å².